The van der Waals surface area contributed by atoms with E-state index in [2.05, 4.69) is 0 Å². The van der Waals surface area contributed by atoms with Gasteiger partial charge in [0.05, 0.1) is 0 Å². The number of ketones is 1. The van der Waals surface area contributed by atoms with Crippen LogP contribution in [0.1, 0.15) is 20.8 Å². The van der Waals surface area contributed by atoms with Gasteiger partial charge in [-0.15, -0.1) is 0 Å². The number of carbonyl (C=O) groups excluding carboxylic acids is 1. The van der Waals surface area contributed by atoms with Gasteiger partial charge >= 0.3 is 0 Å². The van der Waals surface area contributed by atoms with Gasteiger partial charge in [0, 0.05) is 7.11 Å². The molecule has 1 aliphatic rings. The van der Waals surface area contributed by atoms with Crippen molar-refractivity contribution in [2.24, 2.45) is 0 Å². The van der Waals surface area contributed by atoms with E-state index in [4.69, 9.17) is 4.74 Å². The van der Waals surface area contributed by atoms with E-state index < -0.39 is 5.60 Å². The molecule has 0 spiro atoms. The molecule has 0 fully saturated rings. The van der Waals surface area contributed by atoms with Crippen LogP contribution in [0.5, 0.6) is 0 Å². The SMILES string of the molecule is COC1(C)C=CC(=O)C(C)=C1C. The largest absolute Gasteiger partial charge is 0.370 e. The van der Waals surface area contributed by atoms with Crippen LogP contribution >= 0.6 is 0 Å². The molecule has 0 aromatic rings. The minimum atomic E-state index is -0.391. The highest BCUT2D eigenvalue weighted by molar-refractivity contribution is 6.05. The van der Waals surface area contributed by atoms with Crippen LogP contribution in [0.15, 0.2) is 23.3 Å². The van der Waals surface area contributed by atoms with Crippen LogP contribution in [0.4, 0.5) is 0 Å². The van der Waals surface area contributed by atoms with E-state index in [-0.39, 0.29) is 5.78 Å². The van der Waals surface area contributed by atoms with Gasteiger partial charge in [-0.25, -0.2) is 0 Å². The molecule has 0 N–H and O–H groups in total. The Balaban J connectivity index is 3.13. The fourth-order valence-electron chi connectivity index (χ4n) is 1.26. The Morgan fingerprint density at radius 3 is 2.50 bits per heavy atom. The van der Waals surface area contributed by atoms with Crippen molar-refractivity contribution >= 4 is 5.78 Å². The Kier molecular flexibility index (Phi) is 2.20. The van der Waals surface area contributed by atoms with E-state index in [0.717, 1.165) is 11.1 Å². The highest BCUT2D eigenvalue weighted by atomic mass is 16.5. The van der Waals surface area contributed by atoms with Crippen molar-refractivity contribution < 1.29 is 9.53 Å². The monoisotopic (exact) mass is 166 g/mol. The molecular weight excluding hydrogens is 152 g/mol. The van der Waals surface area contributed by atoms with Crippen molar-refractivity contribution in [1.29, 1.82) is 0 Å². The summed E-state index contributed by atoms with van der Waals surface area (Å²) in [5, 5.41) is 0. The van der Waals surface area contributed by atoms with Crippen LogP contribution < -0.4 is 0 Å². The summed E-state index contributed by atoms with van der Waals surface area (Å²) >= 11 is 0. The Morgan fingerprint density at radius 1 is 1.42 bits per heavy atom. The summed E-state index contributed by atoms with van der Waals surface area (Å²) in [6.07, 6.45) is 3.38. The summed E-state index contributed by atoms with van der Waals surface area (Å²) < 4.78 is 5.31. The summed E-state index contributed by atoms with van der Waals surface area (Å²) in [6.45, 7) is 5.72. The first-order valence-electron chi connectivity index (χ1n) is 3.98. The molecule has 0 radical (unpaired) electrons. The molecule has 1 rings (SSSR count). The van der Waals surface area contributed by atoms with Crippen LogP contribution in [-0.4, -0.2) is 18.5 Å². The molecule has 66 valence electrons. The van der Waals surface area contributed by atoms with Gasteiger partial charge in [-0.05, 0) is 44.1 Å². The first-order chi connectivity index (χ1) is 5.51. The van der Waals surface area contributed by atoms with Crippen molar-refractivity contribution in [1.82, 2.24) is 0 Å². The number of allylic oxidation sites excluding steroid dienone is 2. The van der Waals surface area contributed by atoms with Crippen molar-refractivity contribution in [3.63, 3.8) is 0 Å². The van der Waals surface area contributed by atoms with Crippen LogP contribution in [-0.2, 0) is 9.53 Å². The smallest absolute Gasteiger partial charge is 0.181 e. The zero-order valence-corrected chi connectivity index (χ0v) is 7.97. The Labute approximate surface area is 72.9 Å². The van der Waals surface area contributed by atoms with Crippen molar-refractivity contribution in [2.75, 3.05) is 7.11 Å². The fraction of sp³-hybridized carbons (Fsp3) is 0.500. The maximum atomic E-state index is 11.2. The lowest BCUT2D eigenvalue weighted by molar-refractivity contribution is -0.111. The maximum absolute atomic E-state index is 11.2. The molecule has 0 heterocycles. The van der Waals surface area contributed by atoms with Gasteiger partial charge in [-0.2, -0.15) is 0 Å². The van der Waals surface area contributed by atoms with Gasteiger partial charge in [0.1, 0.15) is 5.60 Å². The van der Waals surface area contributed by atoms with Gasteiger partial charge in [-0.1, -0.05) is 0 Å². The molecule has 1 atom stereocenters. The number of rotatable bonds is 1. The van der Waals surface area contributed by atoms with Crippen molar-refractivity contribution in [3.8, 4) is 0 Å². The number of methoxy groups -OCH3 is 1. The molecule has 0 amide bonds. The predicted octanol–water partition coefficient (Wildman–Crippen LogP) is 1.87. The van der Waals surface area contributed by atoms with Crippen LogP contribution in [0.2, 0.25) is 0 Å². The molecule has 1 unspecified atom stereocenters. The third-order valence-electron chi connectivity index (χ3n) is 2.65. The second kappa shape index (κ2) is 2.87. The summed E-state index contributed by atoms with van der Waals surface area (Å²) in [5.74, 6) is 0.0852. The van der Waals surface area contributed by atoms with Crippen molar-refractivity contribution in [3.05, 3.63) is 23.3 Å². The molecule has 0 aromatic heterocycles. The second-order valence-corrected chi connectivity index (χ2v) is 3.26. The van der Waals surface area contributed by atoms with E-state index in [9.17, 15) is 4.79 Å². The average molecular weight is 166 g/mol. The molecule has 1 aliphatic carbocycles. The van der Waals surface area contributed by atoms with Gasteiger partial charge in [0.25, 0.3) is 0 Å². The zero-order chi connectivity index (χ0) is 9.35. The minimum absolute atomic E-state index is 0.0852. The third kappa shape index (κ3) is 1.23. The molecule has 2 nitrogen and oxygen atoms in total. The molecular formula is C10H14O2. The highest BCUT2D eigenvalue weighted by Crippen LogP contribution is 2.28. The maximum Gasteiger partial charge on any atom is 0.181 e. The quantitative estimate of drug-likeness (QED) is 0.594. The Bertz CT molecular complexity index is 274. The molecule has 0 bridgehead atoms. The van der Waals surface area contributed by atoms with E-state index in [1.807, 2.05) is 20.8 Å². The number of hydrogen-bond acceptors (Lipinski definition) is 2. The Morgan fingerprint density at radius 2 is 2.00 bits per heavy atom. The topological polar surface area (TPSA) is 26.3 Å². The number of carbonyl (C=O) groups is 1. The third-order valence-corrected chi connectivity index (χ3v) is 2.65. The van der Waals surface area contributed by atoms with Gasteiger partial charge in [0.2, 0.25) is 0 Å². The number of ether oxygens (including phenoxy) is 1. The van der Waals surface area contributed by atoms with Crippen molar-refractivity contribution in [2.45, 2.75) is 26.4 Å². The summed E-state index contributed by atoms with van der Waals surface area (Å²) in [4.78, 5) is 11.2. The molecule has 0 saturated carbocycles. The average Bonchev–Trinajstić information content (AvgIpc) is 2.09. The normalized spacial score (nSPS) is 29.8. The molecule has 12 heavy (non-hydrogen) atoms. The highest BCUT2D eigenvalue weighted by Gasteiger charge is 2.28. The van der Waals surface area contributed by atoms with Crippen LogP contribution in [0.25, 0.3) is 0 Å². The number of hydrogen-bond donors (Lipinski definition) is 0. The van der Waals surface area contributed by atoms with Crippen LogP contribution in [0, 0.1) is 0 Å². The van der Waals surface area contributed by atoms with Gasteiger partial charge < -0.3 is 4.74 Å². The van der Waals surface area contributed by atoms with E-state index in [1.165, 1.54) is 0 Å². The first kappa shape index (κ1) is 9.20. The predicted molar refractivity (Wildman–Crippen MR) is 47.9 cm³/mol. The second-order valence-electron chi connectivity index (χ2n) is 3.26. The van der Waals surface area contributed by atoms with Gasteiger partial charge in [0.15, 0.2) is 5.78 Å². The fourth-order valence-corrected chi connectivity index (χ4v) is 1.26. The molecule has 0 aromatic carbocycles. The lowest BCUT2D eigenvalue weighted by Gasteiger charge is -2.29. The van der Waals surface area contributed by atoms with Gasteiger partial charge in [-0.3, -0.25) is 4.79 Å². The van der Waals surface area contributed by atoms with E-state index in [1.54, 1.807) is 19.3 Å². The molecule has 0 aliphatic heterocycles. The summed E-state index contributed by atoms with van der Waals surface area (Å²) in [5.41, 5.74) is 1.40. The van der Waals surface area contributed by atoms with Crippen LogP contribution in [0.3, 0.4) is 0 Å². The van der Waals surface area contributed by atoms with E-state index in [0.29, 0.717) is 0 Å². The molecule has 0 saturated heterocycles. The summed E-state index contributed by atoms with van der Waals surface area (Å²) in [7, 11) is 1.65. The zero-order valence-electron chi connectivity index (χ0n) is 7.97. The first-order valence-corrected chi connectivity index (χ1v) is 3.98. The molecule has 2 heteroatoms. The lowest BCUT2D eigenvalue weighted by Crippen LogP contribution is -2.30. The standard InChI is InChI=1S/C10H14O2/c1-7-8(2)10(3,12-4)6-5-9(7)11/h5-6H,1-4H3. The summed E-state index contributed by atoms with van der Waals surface area (Å²) in [6, 6.07) is 0. The minimum Gasteiger partial charge on any atom is -0.370 e. The Hall–Kier alpha value is -0.890. The van der Waals surface area contributed by atoms with E-state index >= 15 is 0 Å². The lowest BCUT2D eigenvalue weighted by atomic mass is 9.86.